The molecular formula is C23H31FN3O9P. The van der Waals surface area contributed by atoms with Gasteiger partial charge in [0, 0.05) is 12.3 Å². The molecule has 0 aliphatic carbocycles. The first-order valence-corrected chi connectivity index (χ1v) is 13.1. The lowest BCUT2D eigenvalue weighted by molar-refractivity contribution is -0.149. The molecule has 37 heavy (non-hydrogen) atoms. The fraction of sp³-hybridized carbons (Fsp3) is 0.522. The van der Waals surface area contributed by atoms with Crippen molar-refractivity contribution in [2.75, 3.05) is 13.2 Å². The molecule has 0 radical (unpaired) electrons. The number of aliphatic hydroxyl groups is 1. The molecule has 0 amide bonds. The van der Waals surface area contributed by atoms with Crippen molar-refractivity contribution >= 4 is 13.7 Å². The van der Waals surface area contributed by atoms with Crippen LogP contribution in [0.3, 0.4) is 0 Å². The molecule has 0 bridgehead atoms. The van der Waals surface area contributed by atoms with E-state index < -0.39 is 74.2 Å². The second kappa shape index (κ2) is 11.7. The van der Waals surface area contributed by atoms with Gasteiger partial charge in [-0.25, -0.2) is 13.8 Å². The monoisotopic (exact) mass is 543 g/mol. The van der Waals surface area contributed by atoms with Crippen LogP contribution in [-0.4, -0.2) is 58.3 Å². The summed E-state index contributed by atoms with van der Waals surface area (Å²) in [5.41, 5.74) is -3.16. The standard InChI is InChI=1S/C23H31FN3O9P/c1-14(2)34-21(30)15(3)26-37(32,36-16-8-6-5-7-9-16)33-12-17-23(4,13-28)19(24)20(35-17)27-11-10-18(29)25-22(27)31/h5-11,14-15,17,19-20,28H,12-13H2,1-4H3,(H,26,32)(H,25,29,31)/t15-,17+,19?,20+,23?,37?/m0/s1. The van der Waals surface area contributed by atoms with Gasteiger partial charge in [0.05, 0.1) is 30.8 Å². The van der Waals surface area contributed by atoms with Crippen LogP contribution in [0.1, 0.15) is 33.9 Å². The molecule has 204 valence electrons. The van der Waals surface area contributed by atoms with E-state index >= 15 is 4.39 Å². The molecule has 1 aliphatic rings. The third kappa shape index (κ3) is 6.74. The highest BCUT2D eigenvalue weighted by Gasteiger charge is 2.55. The van der Waals surface area contributed by atoms with Crippen LogP contribution in [0.4, 0.5) is 4.39 Å². The number of nitrogens with one attached hydrogen (secondary N) is 2. The number of halogens is 1. The second-order valence-corrected chi connectivity index (χ2v) is 10.8. The van der Waals surface area contributed by atoms with Crippen molar-refractivity contribution in [2.45, 2.75) is 58.3 Å². The zero-order chi connectivity index (χ0) is 27.4. The number of aromatic amines is 1. The van der Waals surface area contributed by atoms with Crippen molar-refractivity contribution in [1.82, 2.24) is 14.6 Å². The van der Waals surface area contributed by atoms with E-state index in [9.17, 15) is 24.1 Å². The van der Waals surface area contributed by atoms with E-state index in [1.54, 1.807) is 32.0 Å². The summed E-state index contributed by atoms with van der Waals surface area (Å²) in [5.74, 6) is -0.532. The summed E-state index contributed by atoms with van der Waals surface area (Å²) in [6.45, 7) is 4.86. The number of esters is 1. The number of hydrogen-bond acceptors (Lipinski definition) is 9. The minimum absolute atomic E-state index is 0.168. The van der Waals surface area contributed by atoms with Crippen LogP contribution >= 0.6 is 7.75 Å². The van der Waals surface area contributed by atoms with Crippen LogP contribution < -0.4 is 20.9 Å². The fourth-order valence-electron chi connectivity index (χ4n) is 3.65. The van der Waals surface area contributed by atoms with Gasteiger partial charge in [-0.3, -0.25) is 23.7 Å². The van der Waals surface area contributed by atoms with Gasteiger partial charge in [-0.05, 0) is 32.9 Å². The molecule has 12 nitrogen and oxygen atoms in total. The van der Waals surface area contributed by atoms with E-state index in [0.29, 0.717) is 0 Å². The number of alkyl halides is 1. The Morgan fingerprint density at radius 1 is 1.27 bits per heavy atom. The van der Waals surface area contributed by atoms with E-state index in [4.69, 9.17) is 18.5 Å². The van der Waals surface area contributed by atoms with Crippen LogP contribution in [0.5, 0.6) is 5.75 Å². The summed E-state index contributed by atoms with van der Waals surface area (Å²) in [7, 11) is -4.29. The van der Waals surface area contributed by atoms with E-state index in [-0.39, 0.29) is 5.75 Å². The largest absolute Gasteiger partial charge is 0.462 e. The van der Waals surface area contributed by atoms with Gasteiger partial charge in [0.25, 0.3) is 5.56 Å². The van der Waals surface area contributed by atoms with Gasteiger partial charge < -0.3 is 19.1 Å². The van der Waals surface area contributed by atoms with Crippen molar-refractivity contribution in [3.63, 3.8) is 0 Å². The molecule has 1 fully saturated rings. The van der Waals surface area contributed by atoms with E-state index in [2.05, 4.69) is 5.09 Å². The van der Waals surface area contributed by atoms with Crippen LogP contribution in [0.2, 0.25) is 0 Å². The topological polar surface area (TPSA) is 158 Å². The highest BCUT2D eigenvalue weighted by molar-refractivity contribution is 7.52. The Hall–Kier alpha value is -2.83. The number of aromatic nitrogens is 2. The molecule has 2 heterocycles. The summed E-state index contributed by atoms with van der Waals surface area (Å²) in [5, 5.41) is 12.5. The molecule has 3 rings (SSSR count). The van der Waals surface area contributed by atoms with E-state index in [1.165, 1.54) is 26.0 Å². The molecule has 0 saturated carbocycles. The van der Waals surface area contributed by atoms with Gasteiger partial charge in [0.1, 0.15) is 11.8 Å². The Balaban J connectivity index is 1.84. The average Bonchev–Trinajstić information content (AvgIpc) is 3.08. The van der Waals surface area contributed by atoms with E-state index in [0.717, 1.165) is 16.8 Å². The first-order chi connectivity index (χ1) is 17.4. The number of H-pyrrole nitrogens is 1. The third-order valence-corrected chi connectivity index (χ3v) is 7.45. The number of para-hydroxylation sites is 1. The van der Waals surface area contributed by atoms with Gasteiger partial charge in [0.2, 0.25) is 0 Å². The molecule has 1 aromatic heterocycles. The zero-order valence-electron chi connectivity index (χ0n) is 20.8. The van der Waals surface area contributed by atoms with Crippen molar-refractivity contribution in [1.29, 1.82) is 0 Å². The van der Waals surface area contributed by atoms with Crippen molar-refractivity contribution in [3.8, 4) is 5.75 Å². The molecule has 3 N–H and O–H groups in total. The number of carbonyl (C=O) groups excluding carboxylic acids is 1. The summed E-state index contributed by atoms with van der Waals surface area (Å²) >= 11 is 0. The average molecular weight is 543 g/mol. The van der Waals surface area contributed by atoms with Crippen molar-refractivity contribution < 1.29 is 37.4 Å². The predicted molar refractivity (Wildman–Crippen MR) is 130 cm³/mol. The maximum Gasteiger partial charge on any atom is 0.459 e. The highest BCUT2D eigenvalue weighted by atomic mass is 31.2. The van der Waals surface area contributed by atoms with E-state index in [1.807, 2.05) is 4.98 Å². The van der Waals surface area contributed by atoms with Crippen LogP contribution in [0.15, 0.2) is 52.2 Å². The number of rotatable bonds is 11. The molecule has 14 heteroatoms. The quantitative estimate of drug-likeness (QED) is 0.282. The first-order valence-electron chi connectivity index (χ1n) is 11.6. The van der Waals surface area contributed by atoms with Crippen LogP contribution in [-0.2, 0) is 23.4 Å². The van der Waals surface area contributed by atoms with Crippen LogP contribution in [0, 0.1) is 5.41 Å². The maximum atomic E-state index is 15.5. The summed E-state index contributed by atoms with van der Waals surface area (Å²) < 4.78 is 52.0. The normalized spacial score (nSPS) is 26.0. The van der Waals surface area contributed by atoms with Gasteiger partial charge in [0.15, 0.2) is 12.4 Å². The number of aliphatic hydroxyl groups excluding tert-OH is 1. The molecule has 1 aliphatic heterocycles. The van der Waals surface area contributed by atoms with Crippen LogP contribution in [0.25, 0.3) is 0 Å². The predicted octanol–water partition coefficient (Wildman–Crippen LogP) is 1.90. The number of ether oxygens (including phenoxy) is 2. The second-order valence-electron chi connectivity index (χ2n) is 9.13. The molecule has 2 aromatic rings. The Morgan fingerprint density at radius 2 is 1.95 bits per heavy atom. The van der Waals surface area contributed by atoms with Gasteiger partial charge in [-0.15, -0.1) is 0 Å². The van der Waals surface area contributed by atoms with Gasteiger partial charge >= 0.3 is 19.4 Å². The SMILES string of the molecule is CC(C)OC(=O)[C@H](C)NP(=O)(OC[C@H]1O[C@@H](n2ccc(=O)[nH]c2=O)C(F)C1(C)CO)Oc1ccccc1. The van der Waals surface area contributed by atoms with Gasteiger partial charge in [-0.2, -0.15) is 5.09 Å². The summed E-state index contributed by atoms with van der Waals surface area (Å²) in [6, 6.07) is 7.96. The lowest BCUT2D eigenvalue weighted by Crippen LogP contribution is -2.42. The molecule has 1 aromatic carbocycles. The molecule has 0 spiro atoms. The Labute approximate surface area is 212 Å². The molecule has 6 atom stereocenters. The smallest absolute Gasteiger partial charge is 0.459 e. The van der Waals surface area contributed by atoms with Gasteiger partial charge in [-0.1, -0.05) is 25.1 Å². The number of benzene rings is 1. The summed E-state index contributed by atoms with van der Waals surface area (Å²) in [4.78, 5) is 37.9. The Kier molecular flexibility index (Phi) is 9.09. The van der Waals surface area contributed by atoms with Crippen molar-refractivity contribution in [3.05, 3.63) is 63.4 Å². The minimum atomic E-state index is -4.29. The highest BCUT2D eigenvalue weighted by Crippen LogP contribution is 2.49. The Morgan fingerprint density at radius 3 is 2.54 bits per heavy atom. The molecule has 1 saturated heterocycles. The molecule has 3 unspecified atom stereocenters. The lowest BCUT2D eigenvalue weighted by Gasteiger charge is -2.30. The summed E-state index contributed by atoms with van der Waals surface area (Å²) in [6.07, 6.45) is -3.95. The number of nitrogens with zero attached hydrogens (tertiary/aromatic N) is 1. The number of hydrogen-bond donors (Lipinski definition) is 3. The van der Waals surface area contributed by atoms with Crippen molar-refractivity contribution in [2.24, 2.45) is 5.41 Å². The third-order valence-electron chi connectivity index (χ3n) is 5.81. The maximum absolute atomic E-state index is 15.5. The fourth-order valence-corrected chi connectivity index (χ4v) is 5.14. The first kappa shape index (κ1) is 28.7. The lowest BCUT2D eigenvalue weighted by atomic mass is 9.82. The number of carbonyl (C=O) groups is 1. The molecular weight excluding hydrogens is 512 g/mol. The zero-order valence-corrected chi connectivity index (χ0v) is 21.7. The Bertz CT molecular complexity index is 1240. The minimum Gasteiger partial charge on any atom is -0.462 e.